The van der Waals surface area contributed by atoms with Gasteiger partial charge in [0.15, 0.2) is 0 Å². The van der Waals surface area contributed by atoms with Crippen molar-refractivity contribution in [3.63, 3.8) is 0 Å². The highest BCUT2D eigenvalue weighted by atomic mass is 32.2. The van der Waals surface area contributed by atoms with Crippen molar-refractivity contribution in [2.75, 3.05) is 18.6 Å². The summed E-state index contributed by atoms with van der Waals surface area (Å²) in [5.74, 6) is -0.614. The molecule has 0 fully saturated rings. The predicted molar refractivity (Wildman–Crippen MR) is 108 cm³/mol. The highest BCUT2D eigenvalue weighted by Crippen LogP contribution is 2.37. The number of benzene rings is 2. The van der Waals surface area contributed by atoms with Crippen LogP contribution >= 0.6 is 11.8 Å². The zero-order valence-electron chi connectivity index (χ0n) is 15.0. The van der Waals surface area contributed by atoms with Crippen LogP contribution in [0.5, 0.6) is 0 Å². The third kappa shape index (κ3) is 4.00. The Kier molecular flexibility index (Phi) is 5.95. The molecule has 0 spiro atoms. The molecule has 1 amide bonds. The summed E-state index contributed by atoms with van der Waals surface area (Å²) in [6, 6.07) is 9.60. The number of carbonyl (C=O) groups is 2. The van der Waals surface area contributed by atoms with Gasteiger partial charge in [0.2, 0.25) is 9.84 Å². The maximum absolute atomic E-state index is 12.7. The van der Waals surface area contributed by atoms with Crippen LogP contribution in [0.1, 0.15) is 12.0 Å². The van der Waals surface area contributed by atoms with Gasteiger partial charge in [0.05, 0.1) is 9.80 Å². The summed E-state index contributed by atoms with van der Waals surface area (Å²) < 4.78 is 30.5. The van der Waals surface area contributed by atoms with Gasteiger partial charge in [-0.3, -0.25) is 0 Å². The number of thioether (sulfide) groups is 1. The molecule has 0 saturated heterocycles. The van der Waals surface area contributed by atoms with E-state index in [0.29, 0.717) is 11.3 Å². The van der Waals surface area contributed by atoms with Crippen molar-refractivity contribution in [2.45, 2.75) is 17.4 Å². The van der Waals surface area contributed by atoms with E-state index in [4.69, 9.17) is 9.84 Å². The van der Waals surface area contributed by atoms with Crippen LogP contribution in [0.2, 0.25) is 0 Å². The molecule has 2 aromatic carbocycles. The summed E-state index contributed by atoms with van der Waals surface area (Å²) in [4.78, 5) is 23.3. The number of aliphatic carboxylic acids is 1. The van der Waals surface area contributed by atoms with E-state index in [-0.39, 0.29) is 16.2 Å². The average molecular weight is 421 g/mol. The molecule has 2 aromatic rings. The van der Waals surface area contributed by atoms with Crippen LogP contribution in [0.3, 0.4) is 0 Å². The minimum absolute atomic E-state index is 0.0370. The summed E-state index contributed by atoms with van der Waals surface area (Å²) in [6.07, 6.45) is 2.60. The van der Waals surface area contributed by atoms with Gasteiger partial charge in [0, 0.05) is 5.56 Å². The minimum Gasteiger partial charge on any atom is -0.480 e. The molecule has 1 heterocycles. The van der Waals surface area contributed by atoms with Crippen molar-refractivity contribution in [1.29, 1.82) is 0 Å². The van der Waals surface area contributed by atoms with Crippen molar-refractivity contribution < 1.29 is 27.9 Å². The molecule has 148 valence electrons. The van der Waals surface area contributed by atoms with Crippen molar-refractivity contribution in [1.82, 2.24) is 5.32 Å². The fourth-order valence-corrected chi connectivity index (χ4v) is 4.92. The van der Waals surface area contributed by atoms with E-state index in [9.17, 15) is 18.0 Å². The molecule has 0 radical (unpaired) electrons. The number of hydrogen-bond acceptors (Lipinski definition) is 6. The van der Waals surface area contributed by atoms with Gasteiger partial charge < -0.3 is 15.2 Å². The van der Waals surface area contributed by atoms with Crippen molar-refractivity contribution in [3.05, 3.63) is 46.9 Å². The van der Waals surface area contributed by atoms with Crippen molar-refractivity contribution in [2.24, 2.45) is 0 Å². The van der Waals surface area contributed by atoms with E-state index in [1.807, 2.05) is 30.5 Å². The van der Waals surface area contributed by atoms with E-state index in [1.54, 1.807) is 12.1 Å². The fourth-order valence-electron chi connectivity index (χ4n) is 2.97. The fraction of sp³-hybridized carbons (Fsp3) is 0.263. The van der Waals surface area contributed by atoms with Crippen LogP contribution in [-0.4, -0.2) is 50.2 Å². The van der Waals surface area contributed by atoms with Crippen molar-refractivity contribution >= 4 is 50.5 Å². The largest absolute Gasteiger partial charge is 0.480 e. The first-order valence-electron chi connectivity index (χ1n) is 8.47. The van der Waals surface area contributed by atoms with E-state index in [2.05, 4.69) is 5.32 Å². The Bertz CT molecular complexity index is 1060. The lowest BCUT2D eigenvalue weighted by molar-refractivity contribution is -0.139. The molecule has 0 unspecified atom stereocenters. The first-order valence-corrected chi connectivity index (χ1v) is 11.3. The molecule has 1 atom stereocenters. The van der Waals surface area contributed by atoms with E-state index < -0.39 is 34.5 Å². The lowest BCUT2D eigenvalue weighted by Crippen LogP contribution is -2.41. The number of nitrogens with one attached hydrogen (secondary N) is 1. The Morgan fingerprint density at radius 2 is 1.96 bits per heavy atom. The van der Waals surface area contributed by atoms with Gasteiger partial charge in [0.25, 0.3) is 0 Å². The molecule has 0 aromatic heterocycles. The second-order valence-electron chi connectivity index (χ2n) is 6.21. The summed E-state index contributed by atoms with van der Waals surface area (Å²) in [5.41, 5.74) is 0.570. The topological polar surface area (TPSA) is 110 Å². The summed E-state index contributed by atoms with van der Waals surface area (Å²) >= 11 is 1.46. The minimum atomic E-state index is -3.76. The number of alkyl carbamates (subject to hydrolysis) is 1. The summed E-state index contributed by atoms with van der Waals surface area (Å²) in [5, 5.41) is 13.1. The number of carboxylic acids is 1. The van der Waals surface area contributed by atoms with Gasteiger partial charge >= 0.3 is 12.1 Å². The smallest absolute Gasteiger partial charge is 0.408 e. The molecule has 9 heteroatoms. The number of rotatable bonds is 7. The molecule has 0 saturated carbocycles. The standard InChI is InChI=1S/C19H19NO6S2/c1-27-9-8-16(18(21)22)20-19(23)26-11-13-10-15-14-5-3-2-4-12(14)6-7-17(15)28(13,24)25/h2-7,10,16H,8-9,11H2,1H3,(H,20,23)(H,21,22)/t16-/m0/s1. The third-order valence-electron chi connectivity index (χ3n) is 4.42. The Balaban J connectivity index is 1.74. The number of fused-ring (bicyclic) bond motifs is 3. The van der Waals surface area contributed by atoms with Gasteiger partial charge in [-0.1, -0.05) is 30.3 Å². The quantitative estimate of drug-likeness (QED) is 0.707. The number of hydrogen-bond donors (Lipinski definition) is 2. The molecule has 28 heavy (non-hydrogen) atoms. The first kappa shape index (κ1) is 20.2. The monoisotopic (exact) mass is 421 g/mol. The number of ether oxygens (including phenoxy) is 1. The van der Waals surface area contributed by atoms with Gasteiger partial charge in [-0.25, -0.2) is 18.0 Å². The molecule has 3 rings (SSSR count). The van der Waals surface area contributed by atoms with Crippen LogP contribution in [-0.2, 0) is 19.4 Å². The highest BCUT2D eigenvalue weighted by molar-refractivity contribution is 7.98. The first-order chi connectivity index (χ1) is 13.3. The lowest BCUT2D eigenvalue weighted by Gasteiger charge is -2.14. The number of amides is 1. The average Bonchev–Trinajstić information content (AvgIpc) is 2.93. The molecule has 7 nitrogen and oxygen atoms in total. The molecular formula is C19H19NO6S2. The highest BCUT2D eigenvalue weighted by Gasteiger charge is 2.31. The molecular weight excluding hydrogens is 402 g/mol. The third-order valence-corrected chi connectivity index (χ3v) is 6.92. The maximum Gasteiger partial charge on any atom is 0.408 e. The summed E-state index contributed by atoms with van der Waals surface area (Å²) in [7, 11) is -3.76. The maximum atomic E-state index is 12.7. The molecule has 1 aliphatic rings. The van der Waals surface area contributed by atoms with Gasteiger partial charge in [-0.2, -0.15) is 11.8 Å². The van der Waals surface area contributed by atoms with Crippen molar-refractivity contribution in [3.8, 4) is 0 Å². The van der Waals surface area contributed by atoms with E-state index in [0.717, 1.165) is 10.8 Å². The Hall–Kier alpha value is -2.52. The van der Waals surface area contributed by atoms with Crippen LogP contribution in [0.15, 0.2) is 46.2 Å². The number of sulfone groups is 1. The van der Waals surface area contributed by atoms with Gasteiger partial charge in [0.1, 0.15) is 12.6 Å². The number of carbonyl (C=O) groups excluding carboxylic acids is 1. The summed E-state index contributed by atoms with van der Waals surface area (Å²) in [6.45, 7) is -0.466. The number of carboxylic acid groups (broad SMARTS) is 1. The predicted octanol–water partition coefficient (Wildman–Crippen LogP) is 2.90. The zero-order valence-corrected chi connectivity index (χ0v) is 16.7. The zero-order chi connectivity index (χ0) is 20.3. The second kappa shape index (κ2) is 8.24. The molecule has 2 N–H and O–H groups in total. The van der Waals surface area contributed by atoms with Crippen LogP contribution in [0.4, 0.5) is 4.79 Å². The lowest BCUT2D eigenvalue weighted by atomic mass is 10.0. The molecule has 1 aliphatic heterocycles. The Labute approximate surface area is 166 Å². The Morgan fingerprint density at radius 1 is 1.21 bits per heavy atom. The second-order valence-corrected chi connectivity index (χ2v) is 9.16. The SMILES string of the molecule is CSCC[C@H](NC(=O)OCC1=Cc2c(ccc3ccccc23)S1(=O)=O)C(=O)O. The normalized spacial score (nSPS) is 15.5. The van der Waals surface area contributed by atoms with E-state index in [1.165, 1.54) is 17.8 Å². The Morgan fingerprint density at radius 3 is 2.68 bits per heavy atom. The van der Waals surface area contributed by atoms with Crippen LogP contribution in [0.25, 0.3) is 16.8 Å². The van der Waals surface area contributed by atoms with Crippen LogP contribution < -0.4 is 5.32 Å². The van der Waals surface area contributed by atoms with Gasteiger partial charge in [-0.15, -0.1) is 0 Å². The van der Waals surface area contributed by atoms with Gasteiger partial charge in [-0.05, 0) is 41.3 Å². The van der Waals surface area contributed by atoms with E-state index >= 15 is 0 Å². The molecule has 0 aliphatic carbocycles. The molecule has 0 bridgehead atoms. The van der Waals surface area contributed by atoms with Crippen LogP contribution in [0, 0.1) is 0 Å².